The van der Waals surface area contributed by atoms with E-state index in [4.69, 9.17) is 26.8 Å². The van der Waals surface area contributed by atoms with E-state index in [1.54, 1.807) is 49.6 Å². The van der Waals surface area contributed by atoms with Gasteiger partial charge in [0.05, 0.1) is 24.1 Å². The van der Waals surface area contributed by atoms with Crippen molar-refractivity contribution in [2.45, 2.75) is 5.92 Å². The number of rotatable bonds is 2. The predicted octanol–water partition coefficient (Wildman–Crippen LogP) is 3.41. The van der Waals surface area contributed by atoms with Gasteiger partial charge in [0.15, 0.2) is 0 Å². The number of nitrogens with one attached hydrogen (secondary N) is 1. The summed E-state index contributed by atoms with van der Waals surface area (Å²) in [7, 11) is 1.55. The quantitative estimate of drug-likeness (QED) is 0.710. The maximum atomic E-state index is 12.9. The zero-order valence-corrected chi connectivity index (χ0v) is 15.0. The van der Waals surface area contributed by atoms with Crippen molar-refractivity contribution in [2.24, 2.45) is 5.73 Å². The second-order valence-corrected chi connectivity index (χ2v) is 6.52. The molecule has 27 heavy (non-hydrogen) atoms. The Bertz CT molecular complexity index is 1190. The summed E-state index contributed by atoms with van der Waals surface area (Å²) in [4.78, 5) is 15.8. The third-order valence-corrected chi connectivity index (χ3v) is 4.84. The molecule has 6 nitrogen and oxygen atoms in total. The monoisotopic (exact) mass is 379 g/mol. The highest BCUT2D eigenvalue weighted by Gasteiger charge is 2.34. The van der Waals surface area contributed by atoms with Crippen LogP contribution in [0.1, 0.15) is 17.0 Å². The molecule has 1 aromatic heterocycles. The highest BCUT2D eigenvalue weighted by Crippen LogP contribution is 2.43. The van der Waals surface area contributed by atoms with E-state index in [-0.39, 0.29) is 17.0 Å². The lowest BCUT2D eigenvalue weighted by Crippen LogP contribution is -2.27. The molecule has 0 saturated heterocycles. The highest BCUT2D eigenvalue weighted by molar-refractivity contribution is 6.30. The van der Waals surface area contributed by atoms with Crippen LogP contribution >= 0.6 is 11.6 Å². The molecule has 1 unspecified atom stereocenters. The summed E-state index contributed by atoms with van der Waals surface area (Å²) in [5, 5.41) is 10.9. The van der Waals surface area contributed by atoms with Crippen LogP contribution in [0.4, 0.5) is 0 Å². The minimum atomic E-state index is -0.647. The number of nitrogens with zero attached hydrogens (tertiary/aromatic N) is 1. The minimum Gasteiger partial charge on any atom is -0.497 e. The number of halogens is 1. The normalized spacial score (nSPS) is 15.8. The summed E-state index contributed by atoms with van der Waals surface area (Å²) in [6.07, 6.45) is 0. The van der Waals surface area contributed by atoms with Gasteiger partial charge in [-0.2, -0.15) is 5.26 Å². The van der Waals surface area contributed by atoms with Crippen molar-refractivity contribution in [3.63, 3.8) is 0 Å². The molecule has 4 rings (SSSR count). The Hall–Kier alpha value is -3.43. The third-order valence-electron chi connectivity index (χ3n) is 4.59. The number of benzene rings is 2. The number of hydrogen-bond acceptors (Lipinski definition) is 5. The molecule has 0 bridgehead atoms. The SMILES string of the molecule is COc1ccc2c3c(c(=O)[nH]c2c1)C(c1ccc(Cl)cc1)C(C#N)=C(N)O3. The van der Waals surface area contributed by atoms with E-state index in [9.17, 15) is 10.1 Å². The fourth-order valence-electron chi connectivity index (χ4n) is 3.32. The second kappa shape index (κ2) is 6.38. The van der Waals surface area contributed by atoms with Gasteiger partial charge in [0, 0.05) is 16.5 Å². The van der Waals surface area contributed by atoms with Gasteiger partial charge in [-0.05, 0) is 29.8 Å². The highest BCUT2D eigenvalue weighted by atomic mass is 35.5. The van der Waals surface area contributed by atoms with Crippen LogP contribution in [-0.2, 0) is 0 Å². The first-order valence-corrected chi connectivity index (χ1v) is 8.48. The van der Waals surface area contributed by atoms with Crippen molar-refractivity contribution in [3.8, 4) is 17.6 Å². The molecule has 3 N–H and O–H groups in total. The van der Waals surface area contributed by atoms with Gasteiger partial charge in [0.1, 0.15) is 23.1 Å². The van der Waals surface area contributed by atoms with E-state index in [1.165, 1.54) is 0 Å². The number of methoxy groups -OCH3 is 1. The Morgan fingerprint density at radius 3 is 2.67 bits per heavy atom. The molecule has 0 saturated carbocycles. The van der Waals surface area contributed by atoms with Gasteiger partial charge >= 0.3 is 0 Å². The zero-order valence-electron chi connectivity index (χ0n) is 14.2. The third kappa shape index (κ3) is 2.69. The molecule has 3 aromatic rings. The lowest BCUT2D eigenvalue weighted by Gasteiger charge is -2.26. The van der Waals surface area contributed by atoms with E-state index >= 15 is 0 Å². The fraction of sp³-hybridized carbons (Fsp3) is 0.100. The van der Waals surface area contributed by atoms with Gasteiger partial charge < -0.3 is 20.2 Å². The number of ether oxygens (including phenoxy) is 2. The summed E-state index contributed by atoms with van der Waals surface area (Å²) in [5.41, 5.74) is 7.47. The first-order chi connectivity index (χ1) is 13.0. The molecule has 0 spiro atoms. The average Bonchev–Trinajstić information content (AvgIpc) is 2.67. The van der Waals surface area contributed by atoms with E-state index < -0.39 is 5.92 Å². The number of pyridine rings is 1. The van der Waals surface area contributed by atoms with Crippen molar-refractivity contribution in [3.05, 3.63) is 80.4 Å². The Balaban J connectivity index is 2.04. The number of H-pyrrole nitrogens is 1. The molecule has 2 aromatic carbocycles. The average molecular weight is 380 g/mol. The Morgan fingerprint density at radius 1 is 1.26 bits per heavy atom. The summed E-state index contributed by atoms with van der Waals surface area (Å²) >= 11 is 5.98. The van der Waals surface area contributed by atoms with Gasteiger partial charge in [0.2, 0.25) is 5.88 Å². The molecule has 0 radical (unpaired) electrons. The predicted molar refractivity (Wildman–Crippen MR) is 102 cm³/mol. The zero-order chi connectivity index (χ0) is 19.1. The fourth-order valence-corrected chi connectivity index (χ4v) is 3.45. The van der Waals surface area contributed by atoms with Crippen LogP contribution < -0.4 is 20.8 Å². The molecule has 1 aliphatic rings. The number of nitriles is 1. The standard InChI is InChI=1S/C20H14ClN3O3/c1-26-12-6-7-13-15(8-12)24-20(25)17-16(10-2-4-11(21)5-3-10)14(9-22)19(23)27-18(13)17/h2-8,16H,23H2,1H3,(H,24,25). The van der Waals surface area contributed by atoms with Crippen molar-refractivity contribution < 1.29 is 9.47 Å². The van der Waals surface area contributed by atoms with Crippen molar-refractivity contribution >= 4 is 22.5 Å². The largest absolute Gasteiger partial charge is 0.497 e. The van der Waals surface area contributed by atoms with Crippen LogP contribution in [0.2, 0.25) is 5.02 Å². The van der Waals surface area contributed by atoms with Crippen molar-refractivity contribution in [2.75, 3.05) is 7.11 Å². The van der Waals surface area contributed by atoms with Crippen LogP contribution in [0.3, 0.4) is 0 Å². The molecule has 1 aliphatic heterocycles. The Kier molecular flexibility index (Phi) is 4.02. The van der Waals surface area contributed by atoms with E-state index in [2.05, 4.69) is 11.1 Å². The second-order valence-electron chi connectivity index (χ2n) is 6.08. The number of hydrogen-bond donors (Lipinski definition) is 2. The van der Waals surface area contributed by atoms with Crippen LogP contribution in [0, 0.1) is 11.3 Å². The summed E-state index contributed by atoms with van der Waals surface area (Å²) in [6.45, 7) is 0. The van der Waals surface area contributed by atoms with Gasteiger partial charge in [-0.15, -0.1) is 0 Å². The van der Waals surface area contributed by atoms with Gasteiger partial charge in [-0.3, -0.25) is 4.79 Å². The van der Waals surface area contributed by atoms with Crippen LogP contribution in [0.25, 0.3) is 10.9 Å². The Labute approximate surface area is 159 Å². The molecule has 0 aliphatic carbocycles. The number of aromatic nitrogens is 1. The minimum absolute atomic E-state index is 0.0207. The smallest absolute Gasteiger partial charge is 0.256 e. The number of allylic oxidation sites excluding steroid dienone is 1. The summed E-state index contributed by atoms with van der Waals surface area (Å²) < 4.78 is 10.9. The number of aromatic amines is 1. The lowest BCUT2D eigenvalue weighted by atomic mass is 9.83. The molecule has 0 amide bonds. The summed E-state index contributed by atoms with van der Waals surface area (Å²) in [6, 6.07) is 14.3. The van der Waals surface area contributed by atoms with Crippen LogP contribution in [0.5, 0.6) is 11.5 Å². The molecular formula is C20H14ClN3O3. The first-order valence-electron chi connectivity index (χ1n) is 8.10. The molecule has 1 atom stereocenters. The van der Waals surface area contributed by atoms with Gasteiger partial charge in [-0.25, -0.2) is 0 Å². The molecule has 2 heterocycles. The molecule has 0 fully saturated rings. The lowest BCUT2D eigenvalue weighted by molar-refractivity contribution is 0.396. The van der Waals surface area contributed by atoms with Crippen molar-refractivity contribution in [1.29, 1.82) is 5.26 Å². The summed E-state index contributed by atoms with van der Waals surface area (Å²) in [5.74, 6) is 0.274. The first kappa shape index (κ1) is 17.0. The van der Waals surface area contributed by atoms with E-state index in [0.29, 0.717) is 33.0 Å². The van der Waals surface area contributed by atoms with Crippen LogP contribution in [0.15, 0.2) is 58.7 Å². The maximum absolute atomic E-state index is 12.9. The number of fused-ring (bicyclic) bond motifs is 3. The Morgan fingerprint density at radius 2 is 2.00 bits per heavy atom. The van der Waals surface area contributed by atoms with Gasteiger partial charge in [-0.1, -0.05) is 23.7 Å². The molecule has 134 valence electrons. The van der Waals surface area contributed by atoms with Crippen LogP contribution in [-0.4, -0.2) is 12.1 Å². The maximum Gasteiger partial charge on any atom is 0.256 e. The van der Waals surface area contributed by atoms with E-state index in [1.807, 2.05) is 0 Å². The topological polar surface area (TPSA) is 101 Å². The van der Waals surface area contributed by atoms with E-state index in [0.717, 1.165) is 5.56 Å². The number of nitrogens with two attached hydrogens (primary N) is 1. The molecule has 7 heteroatoms. The molecular weight excluding hydrogens is 366 g/mol. The van der Waals surface area contributed by atoms with Gasteiger partial charge in [0.25, 0.3) is 5.56 Å². The van der Waals surface area contributed by atoms with Crippen molar-refractivity contribution in [1.82, 2.24) is 4.98 Å².